The van der Waals surface area contributed by atoms with Crippen LogP contribution in [0.5, 0.6) is 11.5 Å². The molecule has 1 atom stereocenters. The van der Waals surface area contributed by atoms with Gasteiger partial charge in [0.1, 0.15) is 0 Å². The van der Waals surface area contributed by atoms with Gasteiger partial charge in [-0.2, -0.15) is 0 Å². The van der Waals surface area contributed by atoms with E-state index in [1.54, 1.807) is 6.07 Å². The van der Waals surface area contributed by atoms with Crippen LogP contribution in [0.1, 0.15) is 12.5 Å². The molecule has 1 aromatic carbocycles. The molecule has 19 heavy (non-hydrogen) atoms. The highest BCUT2D eigenvalue weighted by molar-refractivity contribution is 5.57. The summed E-state index contributed by atoms with van der Waals surface area (Å²) in [4.78, 5) is 12.1. The zero-order valence-corrected chi connectivity index (χ0v) is 11.5. The van der Waals surface area contributed by atoms with Gasteiger partial charge in [-0.3, -0.25) is 15.0 Å². The molecule has 0 aliphatic carbocycles. The van der Waals surface area contributed by atoms with E-state index < -0.39 is 16.3 Å². The average Bonchev–Trinajstić information content (AvgIpc) is 2.30. The Morgan fingerprint density at radius 3 is 2.53 bits per heavy atom. The second-order valence-electron chi connectivity index (χ2n) is 4.85. The SMILES string of the molecule is COc1cc(CC(C)(N)N(C)C)cc([N+](=O)[O-])c1O. The average molecular weight is 269 g/mol. The molecule has 1 aromatic rings. The molecule has 0 aliphatic rings. The summed E-state index contributed by atoms with van der Waals surface area (Å²) in [6, 6.07) is 2.86. The highest BCUT2D eigenvalue weighted by atomic mass is 16.6. The van der Waals surface area contributed by atoms with Crippen molar-refractivity contribution in [3.05, 3.63) is 27.8 Å². The fourth-order valence-corrected chi connectivity index (χ4v) is 1.62. The first-order chi connectivity index (χ1) is 8.69. The van der Waals surface area contributed by atoms with Crippen molar-refractivity contribution in [3.8, 4) is 11.5 Å². The molecule has 0 fully saturated rings. The van der Waals surface area contributed by atoms with Gasteiger partial charge in [0, 0.05) is 12.5 Å². The number of methoxy groups -OCH3 is 1. The molecule has 3 N–H and O–H groups in total. The molecule has 0 aromatic heterocycles. The van der Waals surface area contributed by atoms with Gasteiger partial charge in [0.25, 0.3) is 0 Å². The predicted octanol–water partition coefficient (Wildman–Crippen LogP) is 1.09. The minimum absolute atomic E-state index is 0.0683. The number of nitro groups is 1. The molecular weight excluding hydrogens is 250 g/mol. The third kappa shape index (κ3) is 3.33. The number of phenols is 1. The third-order valence-corrected chi connectivity index (χ3v) is 3.11. The number of benzene rings is 1. The van der Waals surface area contributed by atoms with Crippen LogP contribution in [0, 0.1) is 10.1 Å². The normalized spacial score (nSPS) is 14.2. The van der Waals surface area contributed by atoms with Crippen LogP contribution < -0.4 is 10.5 Å². The number of likely N-dealkylation sites (N-methyl/N-ethyl adjacent to an activating group) is 1. The van der Waals surface area contributed by atoms with Gasteiger partial charge >= 0.3 is 5.69 Å². The Balaban J connectivity index is 3.23. The first kappa shape index (κ1) is 15.2. The van der Waals surface area contributed by atoms with Crippen molar-refractivity contribution in [1.29, 1.82) is 0 Å². The zero-order valence-electron chi connectivity index (χ0n) is 11.5. The predicted molar refractivity (Wildman–Crippen MR) is 71.3 cm³/mol. The molecule has 1 unspecified atom stereocenters. The van der Waals surface area contributed by atoms with Crippen molar-refractivity contribution in [2.24, 2.45) is 5.73 Å². The Labute approximate surface area is 111 Å². The number of rotatable bonds is 5. The van der Waals surface area contributed by atoms with Crippen molar-refractivity contribution in [2.45, 2.75) is 19.0 Å². The molecule has 7 nitrogen and oxygen atoms in total. The lowest BCUT2D eigenvalue weighted by atomic mass is 10.00. The van der Waals surface area contributed by atoms with Gasteiger partial charge < -0.3 is 15.6 Å². The maximum Gasteiger partial charge on any atom is 0.314 e. The lowest BCUT2D eigenvalue weighted by Crippen LogP contribution is -2.51. The van der Waals surface area contributed by atoms with Crippen LogP contribution in [0.15, 0.2) is 12.1 Å². The quantitative estimate of drug-likeness (QED) is 0.471. The van der Waals surface area contributed by atoms with Crippen LogP contribution in [-0.2, 0) is 6.42 Å². The van der Waals surface area contributed by atoms with E-state index in [2.05, 4.69) is 0 Å². The number of nitrogens with two attached hydrogens (primary N) is 1. The largest absolute Gasteiger partial charge is 0.500 e. The fourth-order valence-electron chi connectivity index (χ4n) is 1.62. The van der Waals surface area contributed by atoms with Gasteiger partial charge in [0.15, 0.2) is 5.75 Å². The van der Waals surface area contributed by atoms with E-state index in [1.807, 2.05) is 25.9 Å². The van der Waals surface area contributed by atoms with Crippen LogP contribution in [-0.4, -0.2) is 41.8 Å². The lowest BCUT2D eigenvalue weighted by Gasteiger charge is -2.32. The van der Waals surface area contributed by atoms with Crippen LogP contribution in [0.4, 0.5) is 5.69 Å². The van der Waals surface area contributed by atoms with Crippen LogP contribution >= 0.6 is 0 Å². The van der Waals surface area contributed by atoms with Crippen LogP contribution in [0.25, 0.3) is 0 Å². The van der Waals surface area contributed by atoms with E-state index in [1.165, 1.54) is 13.2 Å². The topological polar surface area (TPSA) is 102 Å². The molecule has 1 rings (SSSR count). The first-order valence-electron chi connectivity index (χ1n) is 5.69. The van der Waals surface area contributed by atoms with Gasteiger partial charge in [-0.15, -0.1) is 0 Å². The molecule has 0 heterocycles. The Hall–Kier alpha value is -1.86. The number of ether oxygens (including phenoxy) is 1. The third-order valence-electron chi connectivity index (χ3n) is 3.11. The highest BCUT2D eigenvalue weighted by Gasteiger charge is 2.25. The second-order valence-corrected chi connectivity index (χ2v) is 4.85. The first-order valence-corrected chi connectivity index (χ1v) is 5.69. The minimum atomic E-state index is -0.657. The summed E-state index contributed by atoms with van der Waals surface area (Å²) in [6.45, 7) is 1.82. The van der Waals surface area contributed by atoms with Gasteiger partial charge in [-0.25, -0.2) is 0 Å². The number of hydrogen-bond acceptors (Lipinski definition) is 6. The van der Waals surface area contributed by atoms with Crippen LogP contribution in [0.2, 0.25) is 0 Å². The molecule has 0 radical (unpaired) electrons. The zero-order chi connectivity index (χ0) is 14.8. The van der Waals surface area contributed by atoms with Crippen molar-refractivity contribution < 1.29 is 14.8 Å². The molecule has 0 amide bonds. The summed E-state index contributed by atoms with van der Waals surface area (Å²) in [7, 11) is 4.99. The number of nitrogens with zero attached hydrogens (tertiary/aromatic N) is 2. The number of nitro benzene ring substituents is 1. The fraction of sp³-hybridized carbons (Fsp3) is 0.500. The summed E-state index contributed by atoms with van der Waals surface area (Å²) in [5, 5.41) is 20.6. The smallest absolute Gasteiger partial charge is 0.314 e. The Kier molecular flexibility index (Phi) is 4.33. The number of phenolic OH excluding ortho intramolecular Hbond substituents is 1. The van der Waals surface area contributed by atoms with E-state index in [0.717, 1.165) is 0 Å². The Morgan fingerprint density at radius 1 is 1.53 bits per heavy atom. The van der Waals surface area contributed by atoms with Gasteiger partial charge in [0.05, 0.1) is 17.7 Å². The molecular formula is C12H19N3O4. The van der Waals surface area contributed by atoms with Crippen molar-refractivity contribution in [1.82, 2.24) is 4.90 Å². The number of aromatic hydroxyl groups is 1. The van der Waals surface area contributed by atoms with E-state index in [0.29, 0.717) is 12.0 Å². The van der Waals surface area contributed by atoms with Gasteiger partial charge in [-0.05, 0) is 32.6 Å². The maximum atomic E-state index is 10.9. The maximum absolute atomic E-state index is 10.9. The Bertz CT molecular complexity index is 486. The van der Waals surface area contributed by atoms with Crippen molar-refractivity contribution >= 4 is 5.69 Å². The summed E-state index contributed by atoms with van der Waals surface area (Å²) < 4.78 is 4.94. The summed E-state index contributed by atoms with van der Waals surface area (Å²) >= 11 is 0. The van der Waals surface area contributed by atoms with Crippen molar-refractivity contribution in [2.75, 3.05) is 21.2 Å². The van der Waals surface area contributed by atoms with Crippen LogP contribution in [0.3, 0.4) is 0 Å². The molecule has 0 saturated carbocycles. The standard InChI is InChI=1S/C12H19N3O4/c1-12(13,14(2)3)7-8-5-9(15(17)18)11(16)10(6-8)19-4/h5-6,16H,7,13H2,1-4H3. The summed E-state index contributed by atoms with van der Waals surface area (Å²) in [5.41, 5.74) is 5.68. The molecule has 7 heteroatoms. The van der Waals surface area contributed by atoms with E-state index in [-0.39, 0.29) is 11.4 Å². The van der Waals surface area contributed by atoms with Gasteiger partial charge in [-0.1, -0.05) is 0 Å². The lowest BCUT2D eigenvalue weighted by molar-refractivity contribution is -0.386. The molecule has 0 spiro atoms. The highest BCUT2D eigenvalue weighted by Crippen LogP contribution is 2.37. The monoisotopic (exact) mass is 269 g/mol. The summed E-state index contributed by atoms with van der Waals surface area (Å²) in [5.74, 6) is -0.404. The van der Waals surface area contributed by atoms with Gasteiger partial charge in [0.2, 0.25) is 5.75 Å². The number of hydrogen-bond donors (Lipinski definition) is 2. The minimum Gasteiger partial charge on any atom is -0.500 e. The van der Waals surface area contributed by atoms with E-state index >= 15 is 0 Å². The Morgan fingerprint density at radius 2 is 2.11 bits per heavy atom. The molecule has 0 bridgehead atoms. The van der Waals surface area contributed by atoms with E-state index in [4.69, 9.17) is 10.5 Å². The summed E-state index contributed by atoms with van der Waals surface area (Å²) in [6.07, 6.45) is 0.386. The van der Waals surface area contributed by atoms with Crippen molar-refractivity contribution in [3.63, 3.8) is 0 Å². The molecule has 106 valence electrons. The van der Waals surface area contributed by atoms with E-state index in [9.17, 15) is 15.2 Å². The molecule has 0 saturated heterocycles. The molecule has 0 aliphatic heterocycles. The second kappa shape index (κ2) is 5.41.